The molecule has 0 aromatic heterocycles. The fourth-order valence-electron chi connectivity index (χ4n) is 1.58. The van der Waals surface area contributed by atoms with E-state index >= 15 is 0 Å². The summed E-state index contributed by atoms with van der Waals surface area (Å²) in [4.78, 5) is 12.1. The molecule has 0 aliphatic heterocycles. The van der Waals surface area contributed by atoms with Crippen LogP contribution in [0.3, 0.4) is 0 Å². The van der Waals surface area contributed by atoms with Crippen LogP contribution in [0, 0.1) is 5.92 Å². The third-order valence-corrected chi connectivity index (χ3v) is 3.12. The minimum absolute atomic E-state index is 0.127. The molecule has 0 aliphatic rings. The van der Waals surface area contributed by atoms with Gasteiger partial charge in [-0.25, -0.2) is 0 Å². The van der Waals surface area contributed by atoms with E-state index in [0.29, 0.717) is 22.2 Å². The standard InChI is InChI=1S/C12H15Cl2N3O2/c1-2-3-8(11(15)17-19)12(18)16-10-6-7(13)4-5-9(10)14/h4-6,8,19H,2-3H2,1H3,(H2,15,17)(H,16,18). The second-order valence-corrected chi connectivity index (χ2v) is 4.82. The van der Waals surface area contributed by atoms with Gasteiger partial charge in [0.25, 0.3) is 0 Å². The SMILES string of the molecule is CCCC(C(=O)Nc1cc(Cl)ccc1Cl)C(N)=NO. The maximum absolute atomic E-state index is 12.1. The summed E-state index contributed by atoms with van der Waals surface area (Å²) in [6, 6.07) is 4.74. The molecule has 0 bridgehead atoms. The summed E-state index contributed by atoms with van der Waals surface area (Å²) in [6.07, 6.45) is 1.19. The van der Waals surface area contributed by atoms with Gasteiger partial charge in [-0.2, -0.15) is 0 Å². The molecule has 0 spiro atoms. The largest absolute Gasteiger partial charge is 0.409 e. The van der Waals surface area contributed by atoms with Gasteiger partial charge in [0.05, 0.1) is 16.6 Å². The van der Waals surface area contributed by atoms with E-state index in [4.69, 9.17) is 34.1 Å². The molecule has 0 heterocycles. The van der Waals surface area contributed by atoms with Gasteiger partial charge in [-0.1, -0.05) is 41.7 Å². The molecule has 1 rings (SSSR count). The normalized spacial score (nSPS) is 13.1. The van der Waals surface area contributed by atoms with Crippen molar-refractivity contribution in [3.63, 3.8) is 0 Å². The Hall–Kier alpha value is -1.46. The maximum Gasteiger partial charge on any atom is 0.235 e. The molecule has 1 aromatic carbocycles. The number of nitrogens with zero attached hydrogens (tertiary/aromatic N) is 1. The number of rotatable bonds is 5. The summed E-state index contributed by atoms with van der Waals surface area (Å²) in [6.45, 7) is 1.90. The molecule has 104 valence electrons. The van der Waals surface area contributed by atoms with E-state index < -0.39 is 5.92 Å². The van der Waals surface area contributed by atoms with Gasteiger partial charge in [-0.15, -0.1) is 0 Å². The molecule has 0 aliphatic carbocycles. The smallest absolute Gasteiger partial charge is 0.235 e. The van der Waals surface area contributed by atoms with Crippen molar-refractivity contribution in [2.24, 2.45) is 16.8 Å². The highest BCUT2D eigenvalue weighted by molar-refractivity contribution is 6.35. The summed E-state index contributed by atoms with van der Waals surface area (Å²) in [5.41, 5.74) is 5.90. The third kappa shape index (κ3) is 4.29. The Morgan fingerprint density at radius 2 is 2.21 bits per heavy atom. The van der Waals surface area contributed by atoms with Crippen LogP contribution in [0.25, 0.3) is 0 Å². The van der Waals surface area contributed by atoms with Gasteiger partial charge in [0.15, 0.2) is 5.84 Å². The summed E-state index contributed by atoms with van der Waals surface area (Å²) in [5, 5.41) is 15.0. The van der Waals surface area contributed by atoms with Crippen LogP contribution in [0.15, 0.2) is 23.4 Å². The Labute approximate surface area is 121 Å². The number of halogens is 2. The van der Waals surface area contributed by atoms with Crippen LogP contribution in [0.4, 0.5) is 5.69 Å². The van der Waals surface area contributed by atoms with Crippen molar-refractivity contribution in [1.29, 1.82) is 0 Å². The van der Waals surface area contributed by atoms with Crippen LogP contribution >= 0.6 is 23.2 Å². The number of carbonyl (C=O) groups is 1. The minimum Gasteiger partial charge on any atom is -0.409 e. The predicted octanol–water partition coefficient (Wildman–Crippen LogP) is 3.09. The lowest BCUT2D eigenvalue weighted by Gasteiger charge is -2.15. The zero-order chi connectivity index (χ0) is 14.4. The molecule has 0 fully saturated rings. The number of oxime groups is 1. The molecule has 1 atom stereocenters. The van der Waals surface area contributed by atoms with Crippen LogP contribution in [0.2, 0.25) is 10.0 Å². The average molecular weight is 304 g/mol. The van der Waals surface area contributed by atoms with Gasteiger partial charge in [0.1, 0.15) is 0 Å². The Morgan fingerprint density at radius 1 is 1.53 bits per heavy atom. The van der Waals surface area contributed by atoms with Crippen molar-refractivity contribution in [3.8, 4) is 0 Å². The van der Waals surface area contributed by atoms with Crippen molar-refractivity contribution in [3.05, 3.63) is 28.2 Å². The first kappa shape index (κ1) is 15.6. The number of nitrogens with one attached hydrogen (secondary N) is 1. The molecule has 7 heteroatoms. The summed E-state index contributed by atoms with van der Waals surface area (Å²) < 4.78 is 0. The van der Waals surface area contributed by atoms with Gasteiger partial charge < -0.3 is 16.3 Å². The van der Waals surface area contributed by atoms with Crippen LogP contribution in [0.1, 0.15) is 19.8 Å². The molecular formula is C12H15Cl2N3O2. The molecule has 0 saturated carbocycles. The van der Waals surface area contributed by atoms with Gasteiger partial charge >= 0.3 is 0 Å². The third-order valence-electron chi connectivity index (χ3n) is 2.55. The Balaban J connectivity index is 2.90. The highest BCUT2D eigenvalue weighted by Crippen LogP contribution is 2.26. The molecule has 0 saturated heterocycles. The van der Waals surface area contributed by atoms with Gasteiger partial charge in [-0.3, -0.25) is 4.79 Å². The number of hydrogen-bond acceptors (Lipinski definition) is 3. The molecule has 5 nitrogen and oxygen atoms in total. The molecular weight excluding hydrogens is 289 g/mol. The topological polar surface area (TPSA) is 87.7 Å². The van der Waals surface area contributed by atoms with Crippen LogP contribution in [0.5, 0.6) is 0 Å². The van der Waals surface area contributed by atoms with E-state index in [1.165, 1.54) is 6.07 Å². The van der Waals surface area contributed by atoms with Gasteiger partial charge in [0.2, 0.25) is 5.91 Å². The first-order valence-electron chi connectivity index (χ1n) is 5.73. The monoisotopic (exact) mass is 303 g/mol. The molecule has 0 radical (unpaired) electrons. The van der Waals surface area contributed by atoms with Crippen LogP contribution in [-0.4, -0.2) is 17.0 Å². The zero-order valence-corrected chi connectivity index (χ0v) is 11.9. The van der Waals surface area contributed by atoms with Gasteiger partial charge in [-0.05, 0) is 24.6 Å². The van der Waals surface area contributed by atoms with E-state index in [9.17, 15) is 4.79 Å². The lowest BCUT2D eigenvalue weighted by molar-refractivity contribution is -0.118. The molecule has 1 unspecified atom stereocenters. The van der Waals surface area contributed by atoms with Crippen molar-refractivity contribution in [2.45, 2.75) is 19.8 Å². The van der Waals surface area contributed by atoms with Crippen LogP contribution in [-0.2, 0) is 4.79 Å². The maximum atomic E-state index is 12.1. The second-order valence-electron chi connectivity index (χ2n) is 3.98. The molecule has 1 amide bonds. The zero-order valence-electron chi connectivity index (χ0n) is 10.4. The molecule has 19 heavy (non-hydrogen) atoms. The first-order chi connectivity index (χ1) is 8.99. The number of anilines is 1. The van der Waals surface area contributed by atoms with E-state index in [1.807, 2.05) is 6.92 Å². The Morgan fingerprint density at radius 3 is 2.79 bits per heavy atom. The summed E-state index contributed by atoms with van der Waals surface area (Å²) in [7, 11) is 0. The lowest BCUT2D eigenvalue weighted by atomic mass is 10.0. The van der Waals surface area contributed by atoms with Crippen LogP contribution < -0.4 is 11.1 Å². The highest BCUT2D eigenvalue weighted by atomic mass is 35.5. The van der Waals surface area contributed by atoms with Crippen molar-refractivity contribution in [2.75, 3.05) is 5.32 Å². The fraction of sp³-hybridized carbons (Fsp3) is 0.333. The number of nitrogens with two attached hydrogens (primary N) is 1. The fourth-order valence-corrected chi connectivity index (χ4v) is 1.92. The first-order valence-corrected chi connectivity index (χ1v) is 6.48. The summed E-state index contributed by atoms with van der Waals surface area (Å²) in [5.74, 6) is -1.22. The molecule has 1 aromatic rings. The predicted molar refractivity (Wildman–Crippen MR) is 76.9 cm³/mol. The quantitative estimate of drug-likeness (QED) is 0.338. The van der Waals surface area contributed by atoms with Crippen molar-refractivity contribution >= 4 is 40.6 Å². The van der Waals surface area contributed by atoms with E-state index in [1.54, 1.807) is 12.1 Å². The number of hydrogen-bond donors (Lipinski definition) is 3. The van der Waals surface area contributed by atoms with E-state index in [2.05, 4.69) is 10.5 Å². The number of benzene rings is 1. The van der Waals surface area contributed by atoms with Crippen molar-refractivity contribution in [1.82, 2.24) is 0 Å². The lowest BCUT2D eigenvalue weighted by Crippen LogP contribution is -2.34. The number of amides is 1. The van der Waals surface area contributed by atoms with Gasteiger partial charge in [0, 0.05) is 5.02 Å². The van der Waals surface area contributed by atoms with E-state index in [0.717, 1.165) is 6.42 Å². The van der Waals surface area contributed by atoms with E-state index in [-0.39, 0.29) is 11.7 Å². The Kier molecular flexibility index (Phi) is 5.92. The number of amidine groups is 1. The second kappa shape index (κ2) is 7.21. The highest BCUT2D eigenvalue weighted by Gasteiger charge is 2.23. The minimum atomic E-state index is -0.704. The Bertz CT molecular complexity index is 492. The van der Waals surface area contributed by atoms with Crippen molar-refractivity contribution < 1.29 is 10.0 Å². The summed E-state index contributed by atoms with van der Waals surface area (Å²) >= 11 is 11.8. The average Bonchev–Trinajstić information content (AvgIpc) is 2.39. The number of carbonyl (C=O) groups excluding carboxylic acids is 1. The molecule has 4 N–H and O–H groups in total.